The van der Waals surface area contributed by atoms with Gasteiger partial charge in [0.1, 0.15) is 19.3 Å². The van der Waals surface area contributed by atoms with Crippen LogP contribution in [0.5, 0.6) is 0 Å². The highest BCUT2D eigenvalue weighted by Crippen LogP contribution is 2.23. The van der Waals surface area contributed by atoms with Gasteiger partial charge in [-0.2, -0.15) is 0 Å². The quantitative estimate of drug-likeness (QED) is 0.318. The van der Waals surface area contributed by atoms with Crippen molar-refractivity contribution in [2.24, 2.45) is 11.7 Å². The van der Waals surface area contributed by atoms with Crippen LogP contribution in [0.2, 0.25) is 0 Å². The molecule has 1 aromatic carbocycles. The van der Waals surface area contributed by atoms with Crippen LogP contribution < -0.4 is 5.73 Å². The van der Waals surface area contributed by atoms with Gasteiger partial charge in [0.25, 0.3) is 5.09 Å². The van der Waals surface area contributed by atoms with Gasteiger partial charge >= 0.3 is 5.97 Å². The normalized spacial score (nSPS) is 16.2. The van der Waals surface area contributed by atoms with E-state index >= 15 is 0 Å². The van der Waals surface area contributed by atoms with Gasteiger partial charge < -0.3 is 20.2 Å². The van der Waals surface area contributed by atoms with Crippen molar-refractivity contribution in [2.45, 2.75) is 46.4 Å². The molecule has 31 heavy (non-hydrogen) atoms. The molecule has 1 fully saturated rings. The second kappa shape index (κ2) is 12.9. The molecule has 11 heteroatoms. The Bertz CT molecular complexity index is 773. The minimum Gasteiger partial charge on any atom is -0.459 e. The Hall–Kier alpha value is -2.66. The first-order valence-electron chi connectivity index (χ1n) is 9.49. The number of esters is 1. The number of nitrogens with two attached hydrogens (primary N) is 1. The molecule has 0 aromatic heterocycles. The molecule has 1 saturated heterocycles. The summed E-state index contributed by atoms with van der Waals surface area (Å²) in [4.78, 5) is 52.6. The van der Waals surface area contributed by atoms with Gasteiger partial charge in [0.15, 0.2) is 0 Å². The molecular formula is C20H29N3O7S. The van der Waals surface area contributed by atoms with Crippen LogP contribution in [0, 0.1) is 16.0 Å². The summed E-state index contributed by atoms with van der Waals surface area (Å²) in [5.74, 6) is -0.742. The first-order valence-corrected chi connectivity index (χ1v) is 10.5. The van der Waals surface area contributed by atoms with Gasteiger partial charge in [-0.1, -0.05) is 50.4 Å². The number of carbonyl (C=O) groups is 3. The second-order valence-electron chi connectivity index (χ2n) is 6.90. The lowest BCUT2D eigenvalue weighted by Gasteiger charge is -2.26. The fourth-order valence-electron chi connectivity index (χ4n) is 3.02. The number of ether oxygens (including phenoxy) is 1. The van der Waals surface area contributed by atoms with Crippen LogP contribution in [0.4, 0.5) is 0 Å². The maximum Gasteiger partial charge on any atom is 0.329 e. The number of rotatable bonds is 10. The van der Waals surface area contributed by atoms with Crippen LogP contribution in [0.25, 0.3) is 0 Å². The summed E-state index contributed by atoms with van der Waals surface area (Å²) in [6.45, 7) is 2.01. The SMILES string of the molecule is C.C[C@H](CSC(=O)CN)C(=O)N1CCC[C@H]1C(=O)OCc1ccc(CO[N+](=O)[O-])cc1. The molecule has 0 unspecified atom stereocenters. The Kier molecular flexibility index (Phi) is 11.0. The third-order valence-corrected chi connectivity index (χ3v) is 5.79. The summed E-state index contributed by atoms with van der Waals surface area (Å²) in [6, 6.07) is 6.05. The summed E-state index contributed by atoms with van der Waals surface area (Å²) >= 11 is 1.02. The highest BCUT2D eigenvalue weighted by atomic mass is 32.2. The number of nitrogens with zero attached hydrogens (tertiary/aromatic N) is 2. The zero-order chi connectivity index (χ0) is 22.1. The highest BCUT2D eigenvalue weighted by Gasteiger charge is 2.37. The van der Waals surface area contributed by atoms with Gasteiger partial charge in [-0.25, -0.2) is 4.79 Å². The number of hydrogen-bond donors (Lipinski definition) is 1. The van der Waals surface area contributed by atoms with Gasteiger partial charge in [-0.3, -0.25) is 9.59 Å². The van der Waals surface area contributed by atoms with E-state index in [1.54, 1.807) is 31.2 Å². The van der Waals surface area contributed by atoms with Crippen LogP contribution in [-0.4, -0.2) is 51.9 Å². The number of amides is 1. The lowest BCUT2D eigenvalue weighted by atomic mass is 10.1. The summed E-state index contributed by atoms with van der Waals surface area (Å²) in [5, 5.41) is 9.18. The van der Waals surface area contributed by atoms with Crippen LogP contribution in [0.15, 0.2) is 24.3 Å². The predicted molar refractivity (Wildman–Crippen MR) is 115 cm³/mol. The van der Waals surface area contributed by atoms with Crippen molar-refractivity contribution >= 4 is 28.8 Å². The van der Waals surface area contributed by atoms with Crippen LogP contribution in [0.3, 0.4) is 0 Å². The molecule has 0 radical (unpaired) electrons. The van der Waals surface area contributed by atoms with Gasteiger partial charge in [-0.05, 0) is 24.0 Å². The molecule has 0 aliphatic carbocycles. The van der Waals surface area contributed by atoms with E-state index in [4.69, 9.17) is 10.5 Å². The molecule has 1 amide bonds. The first-order chi connectivity index (χ1) is 14.3. The average molecular weight is 456 g/mol. The van der Waals surface area contributed by atoms with Crippen molar-refractivity contribution in [3.63, 3.8) is 0 Å². The zero-order valence-electron chi connectivity index (χ0n) is 16.7. The van der Waals surface area contributed by atoms with E-state index in [1.807, 2.05) is 0 Å². The van der Waals surface area contributed by atoms with Crippen molar-refractivity contribution in [1.82, 2.24) is 4.90 Å². The van der Waals surface area contributed by atoms with Gasteiger partial charge in [0, 0.05) is 18.2 Å². The van der Waals surface area contributed by atoms with Crippen LogP contribution >= 0.6 is 11.8 Å². The number of thioether (sulfide) groups is 1. The number of likely N-dealkylation sites (tertiary alicyclic amines) is 1. The number of hydrogen-bond acceptors (Lipinski definition) is 9. The molecule has 1 heterocycles. The molecule has 2 N–H and O–H groups in total. The molecule has 0 saturated carbocycles. The third-order valence-electron chi connectivity index (χ3n) is 4.63. The molecule has 0 spiro atoms. The van der Waals surface area contributed by atoms with E-state index in [1.165, 1.54) is 4.90 Å². The Labute approximate surface area is 185 Å². The molecule has 0 bridgehead atoms. The van der Waals surface area contributed by atoms with Crippen molar-refractivity contribution in [1.29, 1.82) is 0 Å². The van der Waals surface area contributed by atoms with E-state index in [-0.39, 0.29) is 38.2 Å². The zero-order valence-corrected chi connectivity index (χ0v) is 17.5. The third kappa shape index (κ3) is 8.18. The Balaban J connectivity index is 0.00000480. The second-order valence-corrected chi connectivity index (χ2v) is 7.98. The maximum atomic E-state index is 12.7. The van der Waals surface area contributed by atoms with Crippen LogP contribution in [-0.2, 0) is 37.2 Å². The summed E-state index contributed by atoms with van der Waals surface area (Å²) in [5.41, 5.74) is 6.61. The van der Waals surface area contributed by atoms with Gasteiger partial charge in [0.2, 0.25) is 11.0 Å². The van der Waals surface area contributed by atoms with E-state index in [0.29, 0.717) is 36.3 Å². The van der Waals surface area contributed by atoms with Gasteiger partial charge in [0.05, 0.1) is 6.54 Å². The minimum atomic E-state index is -0.861. The lowest BCUT2D eigenvalue weighted by molar-refractivity contribution is -0.763. The Morgan fingerprint density at radius 2 is 1.87 bits per heavy atom. The van der Waals surface area contributed by atoms with Gasteiger partial charge in [-0.15, -0.1) is 10.1 Å². The maximum absolute atomic E-state index is 12.7. The number of benzene rings is 1. The molecule has 1 aliphatic heterocycles. The topological polar surface area (TPSA) is 142 Å². The van der Waals surface area contributed by atoms with E-state index < -0.39 is 23.0 Å². The molecule has 1 aliphatic rings. The van der Waals surface area contributed by atoms with E-state index in [9.17, 15) is 24.5 Å². The van der Waals surface area contributed by atoms with Crippen molar-refractivity contribution < 1.29 is 29.0 Å². The fraction of sp³-hybridized carbons (Fsp3) is 0.550. The highest BCUT2D eigenvalue weighted by molar-refractivity contribution is 8.13. The molecule has 10 nitrogen and oxygen atoms in total. The lowest BCUT2D eigenvalue weighted by Crippen LogP contribution is -2.44. The molecular weight excluding hydrogens is 426 g/mol. The minimum absolute atomic E-state index is 0. The molecule has 172 valence electrons. The summed E-state index contributed by atoms with van der Waals surface area (Å²) < 4.78 is 5.38. The van der Waals surface area contributed by atoms with E-state index in [2.05, 4.69) is 4.84 Å². The van der Waals surface area contributed by atoms with Crippen molar-refractivity contribution in [3.05, 3.63) is 45.5 Å². The first kappa shape index (κ1) is 26.4. The summed E-state index contributed by atoms with van der Waals surface area (Å²) in [7, 11) is 0. The fourth-order valence-corrected chi connectivity index (χ4v) is 3.71. The Morgan fingerprint density at radius 3 is 2.45 bits per heavy atom. The predicted octanol–water partition coefficient (Wildman–Crippen LogP) is 1.92. The smallest absolute Gasteiger partial charge is 0.329 e. The van der Waals surface area contributed by atoms with Crippen molar-refractivity contribution in [2.75, 3.05) is 18.8 Å². The molecule has 1 aromatic rings. The monoisotopic (exact) mass is 455 g/mol. The largest absolute Gasteiger partial charge is 0.459 e. The molecule has 2 atom stereocenters. The average Bonchev–Trinajstić information content (AvgIpc) is 3.24. The number of carbonyl (C=O) groups excluding carboxylic acids is 3. The Morgan fingerprint density at radius 1 is 1.26 bits per heavy atom. The van der Waals surface area contributed by atoms with E-state index in [0.717, 1.165) is 11.8 Å². The standard InChI is InChI=1S/C19H25N3O7S.CH4/c1-13(12-30-17(23)9-20)18(24)21-8-2-3-16(21)19(25)28-10-14-4-6-15(7-5-14)11-29-22(26)27;/h4-7,13,16H,2-3,8-12,20H2,1H3;1H4/t13-,16+;/m1./s1. The van der Waals surface area contributed by atoms with Crippen LogP contribution in [0.1, 0.15) is 38.3 Å². The molecule has 2 rings (SSSR count). The van der Waals surface area contributed by atoms with Crippen molar-refractivity contribution in [3.8, 4) is 0 Å². The summed E-state index contributed by atoms with van der Waals surface area (Å²) in [6.07, 6.45) is 1.24.